The van der Waals surface area contributed by atoms with Crippen molar-refractivity contribution in [3.8, 4) is 5.75 Å². The molecule has 3 aromatic rings. The van der Waals surface area contributed by atoms with E-state index in [1.165, 1.54) is 0 Å². The van der Waals surface area contributed by atoms with Gasteiger partial charge in [0.2, 0.25) is 5.95 Å². The lowest BCUT2D eigenvalue weighted by molar-refractivity contribution is 0.317. The molecule has 1 aromatic heterocycles. The van der Waals surface area contributed by atoms with Gasteiger partial charge in [-0.3, -0.25) is 9.78 Å². The number of rotatable bonds is 7. The Morgan fingerprint density at radius 2 is 1.80 bits per heavy atom. The van der Waals surface area contributed by atoms with E-state index in [4.69, 9.17) is 4.74 Å². The molecule has 0 unspecified atom stereocenters. The predicted octanol–water partition coefficient (Wildman–Crippen LogP) is 3.29. The molecule has 6 heteroatoms. The minimum atomic E-state index is -0.246. The first-order valence-electron chi connectivity index (χ1n) is 8.24. The molecule has 0 radical (unpaired) electrons. The van der Waals surface area contributed by atoms with Crippen molar-refractivity contribution in [1.82, 2.24) is 15.2 Å². The van der Waals surface area contributed by atoms with Crippen LogP contribution in [0.1, 0.15) is 24.6 Å². The zero-order valence-corrected chi connectivity index (χ0v) is 14.0. The number of hydrogen-bond donors (Lipinski definition) is 2. The van der Waals surface area contributed by atoms with E-state index in [1.54, 1.807) is 0 Å². The molecule has 0 bridgehead atoms. The van der Waals surface area contributed by atoms with Crippen LogP contribution in [0, 0.1) is 0 Å². The van der Waals surface area contributed by atoms with Crippen molar-refractivity contribution in [3.63, 3.8) is 0 Å². The summed E-state index contributed by atoms with van der Waals surface area (Å²) in [6.07, 6.45) is 1.42. The molecule has 0 aliphatic rings. The number of H-pyrrole nitrogens is 1. The van der Waals surface area contributed by atoms with Gasteiger partial charge in [0, 0.05) is 12.1 Å². The number of aromatic nitrogens is 3. The highest BCUT2D eigenvalue weighted by molar-refractivity contribution is 5.54. The molecule has 2 aromatic carbocycles. The number of hydrogen-bond acceptors (Lipinski definition) is 5. The second-order valence-electron chi connectivity index (χ2n) is 5.61. The molecule has 3 rings (SSSR count). The van der Waals surface area contributed by atoms with Crippen molar-refractivity contribution in [2.45, 2.75) is 19.8 Å². The lowest BCUT2D eigenvalue weighted by Crippen LogP contribution is -2.18. The van der Waals surface area contributed by atoms with Crippen LogP contribution < -0.4 is 15.6 Å². The Morgan fingerprint density at radius 1 is 1.04 bits per heavy atom. The summed E-state index contributed by atoms with van der Waals surface area (Å²) in [5, 5.41) is 11.1. The third-order valence-electron chi connectivity index (χ3n) is 3.57. The summed E-state index contributed by atoms with van der Waals surface area (Å²) in [7, 11) is 0. The third kappa shape index (κ3) is 4.67. The maximum Gasteiger partial charge on any atom is 0.274 e. The maximum absolute atomic E-state index is 12.2. The summed E-state index contributed by atoms with van der Waals surface area (Å²) in [4.78, 5) is 14.9. The second kappa shape index (κ2) is 8.10. The van der Waals surface area contributed by atoms with E-state index in [2.05, 4.69) is 27.4 Å². The molecule has 0 aliphatic carbocycles. The van der Waals surface area contributed by atoms with Crippen LogP contribution in [0.5, 0.6) is 5.75 Å². The van der Waals surface area contributed by atoms with Crippen molar-refractivity contribution >= 4 is 11.6 Å². The Morgan fingerprint density at radius 3 is 2.48 bits per heavy atom. The third-order valence-corrected chi connectivity index (χ3v) is 3.57. The molecule has 6 nitrogen and oxygen atoms in total. The van der Waals surface area contributed by atoms with Crippen LogP contribution in [-0.4, -0.2) is 21.8 Å². The molecular formula is C19H20N4O2. The van der Waals surface area contributed by atoms with Crippen LogP contribution in [0.4, 0.5) is 11.6 Å². The van der Waals surface area contributed by atoms with E-state index in [1.807, 2.05) is 54.6 Å². The molecule has 0 amide bonds. The molecule has 0 saturated carbocycles. The summed E-state index contributed by atoms with van der Waals surface area (Å²) in [6, 6.07) is 17.2. The standard InChI is InChI=1S/C19H20N4O2/c1-2-12-25-16-10-8-15(9-11-16)20-19-21-18(24)17(22-23-19)13-14-6-4-3-5-7-14/h3-11H,2,12-13H2,1H3,(H2,20,21,23,24). The first-order valence-corrected chi connectivity index (χ1v) is 8.24. The van der Waals surface area contributed by atoms with Crippen molar-refractivity contribution in [2.75, 3.05) is 11.9 Å². The van der Waals surface area contributed by atoms with Gasteiger partial charge in [-0.05, 0) is 36.2 Å². The predicted molar refractivity (Wildman–Crippen MR) is 97.4 cm³/mol. The van der Waals surface area contributed by atoms with Crippen LogP contribution >= 0.6 is 0 Å². The summed E-state index contributed by atoms with van der Waals surface area (Å²) in [5.41, 5.74) is 1.96. The fraction of sp³-hybridized carbons (Fsp3) is 0.211. The molecule has 1 heterocycles. The highest BCUT2D eigenvalue weighted by atomic mass is 16.5. The normalized spacial score (nSPS) is 10.4. The lowest BCUT2D eigenvalue weighted by atomic mass is 10.1. The average Bonchev–Trinajstić information content (AvgIpc) is 2.64. The van der Waals surface area contributed by atoms with Crippen molar-refractivity contribution < 1.29 is 4.74 Å². The van der Waals surface area contributed by atoms with E-state index in [0.717, 1.165) is 23.4 Å². The van der Waals surface area contributed by atoms with Crippen molar-refractivity contribution in [1.29, 1.82) is 0 Å². The highest BCUT2D eigenvalue weighted by Gasteiger charge is 2.06. The van der Waals surface area contributed by atoms with Crippen LogP contribution in [-0.2, 0) is 6.42 Å². The van der Waals surface area contributed by atoms with Gasteiger partial charge in [-0.1, -0.05) is 37.3 Å². The minimum absolute atomic E-state index is 0.246. The van der Waals surface area contributed by atoms with E-state index in [0.29, 0.717) is 24.7 Å². The topological polar surface area (TPSA) is 79.9 Å². The van der Waals surface area contributed by atoms with Crippen LogP contribution in [0.15, 0.2) is 59.4 Å². The lowest BCUT2D eigenvalue weighted by Gasteiger charge is -2.08. The van der Waals surface area contributed by atoms with Crippen molar-refractivity contribution in [2.24, 2.45) is 0 Å². The monoisotopic (exact) mass is 336 g/mol. The van der Waals surface area contributed by atoms with Crippen LogP contribution in [0.25, 0.3) is 0 Å². The number of benzene rings is 2. The SMILES string of the molecule is CCCOc1ccc(Nc2nnc(Cc3ccccc3)c(=O)[nH]2)cc1. The summed E-state index contributed by atoms with van der Waals surface area (Å²) < 4.78 is 5.54. The first kappa shape index (κ1) is 16.7. The molecule has 25 heavy (non-hydrogen) atoms. The van der Waals surface area contributed by atoms with Crippen LogP contribution in [0.3, 0.4) is 0 Å². The molecule has 0 saturated heterocycles. The van der Waals surface area contributed by atoms with Gasteiger partial charge in [0.05, 0.1) is 6.61 Å². The Hall–Kier alpha value is -3.15. The van der Waals surface area contributed by atoms with Gasteiger partial charge in [-0.25, -0.2) is 0 Å². The van der Waals surface area contributed by atoms with Gasteiger partial charge in [0.25, 0.3) is 5.56 Å². The first-order chi connectivity index (χ1) is 12.2. The number of nitrogens with one attached hydrogen (secondary N) is 2. The van der Waals surface area contributed by atoms with Gasteiger partial charge < -0.3 is 10.1 Å². The number of aromatic amines is 1. The summed E-state index contributed by atoms with van der Waals surface area (Å²) >= 11 is 0. The van der Waals surface area contributed by atoms with E-state index in [-0.39, 0.29) is 5.56 Å². The fourth-order valence-corrected chi connectivity index (χ4v) is 2.31. The van der Waals surface area contributed by atoms with Gasteiger partial charge in [-0.2, -0.15) is 0 Å². The van der Waals surface area contributed by atoms with E-state index in [9.17, 15) is 4.79 Å². The fourth-order valence-electron chi connectivity index (χ4n) is 2.31. The second-order valence-corrected chi connectivity index (χ2v) is 5.61. The largest absolute Gasteiger partial charge is 0.494 e. The number of nitrogens with zero attached hydrogens (tertiary/aromatic N) is 2. The Kier molecular flexibility index (Phi) is 5.41. The van der Waals surface area contributed by atoms with Crippen LogP contribution in [0.2, 0.25) is 0 Å². The molecule has 0 fully saturated rings. The Balaban J connectivity index is 1.67. The van der Waals surface area contributed by atoms with Crippen molar-refractivity contribution in [3.05, 3.63) is 76.2 Å². The number of anilines is 2. The molecule has 2 N–H and O–H groups in total. The van der Waals surface area contributed by atoms with E-state index < -0.39 is 0 Å². The molecule has 0 spiro atoms. The maximum atomic E-state index is 12.2. The van der Waals surface area contributed by atoms with Gasteiger partial charge in [-0.15, -0.1) is 10.2 Å². The van der Waals surface area contributed by atoms with Gasteiger partial charge in [0.15, 0.2) is 0 Å². The summed E-state index contributed by atoms with van der Waals surface area (Å²) in [5.74, 6) is 1.12. The minimum Gasteiger partial charge on any atom is -0.494 e. The molecule has 128 valence electrons. The Bertz CT molecular complexity index is 861. The average molecular weight is 336 g/mol. The van der Waals surface area contributed by atoms with Gasteiger partial charge in [0.1, 0.15) is 11.4 Å². The van der Waals surface area contributed by atoms with E-state index >= 15 is 0 Å². The Labute approximate surface area is 145 Å². The summed E-state index contributed by atoms with van der Waals surface area (Å²) in [6.45, 7) is 2.75. The zero-order valence-electron chi connectivity index (χ0n) is 14.0. The number of ether oxygens (including phenoxy) is 1. The smallest absolute Gasteiger partial charge is 0.274 e. The zero-order chi connectivity index (χ0) is 17.5. The quantitative estimate of drug-likeness (QED) is 0.692. The molecular weight excluding hydrogens is 316 g/mol. The molecule has 0 atom stereocenters. The van der Waals surface area contributed by atoms with Gasteiger partial charge >= 0.3 is 0 Å². The highest BCUT2D eigenvalue weighted by Crippen LogP contribution is 2.17. The molecule has 0 aliphatic heterocycles.